The Morgan fingerprint density at radius 1 is 0.867 bits per heavy atom. The first-order chi connectivity index (χ1) is 14.8. The fourth-order valence-corrected chi connectivity index (χ4v) is 3.50. The summed E-state index contributed by atoms with van der Waals surface area (Å²) in [5, 5.41) is 4.65. The molecule has 3 aromatic heterocycles. The van der Waals surface area contributed by atoms with Crippen molar-refractivity contribution in [3.05, 3.63) is 96.7 Å². The smallest absolute Gasteiger partial charge is 0.212 e. The zero-order chi connectivity index (χ0) is 20.3. The maximum atomic E-state index is 5.13. The van der Waals surface area contributed by atoms with E-state index < -0.39 is 0 Å². The second kappa shape index (κ2) is 7.75. The molecule has 0 fully saturated rings. The third kappa shape index (κ3) is 3.39. The summed E-state index contributed by atoms with van der Waals surface area (Å²) in [5.74, 6) is 1.30. The lowest BCUT2D eigenvalue weighted by molar-refractivity contribution is 0.397. The van der Waals surface area contributed by atoms with Crippen LogP contribution in [0.2, 0.25) is 0 Å². The van der Waals surface area contributed by atoms with Gasteiger partial charge in [0.05, 0.1) is 7.11 Å². The molecule has 0 aliphatic carbocycles. The van der Waals surface area contributed by atoms with Gasteiger partial charge in [-0.3, -0.25) is 4.98 Å². The Morgan fingerprint density at radius 2 is 1.67 bits per heavy atom. The predicted molar refractivity (Wildman–Crippen MR) is 115 cm³/mol. The van der Waals surface area contributed by atoms with E-state index in [0.29, 0.717) is 18.1 Å². The Morgan fingerprint density at radius 3 is 2.43 bits per heavy atom. The largest absolute Gasteiger partial charge is 0.481 e. The van der Waals surface area contributed by atoms with Crippen molar-refractivity contribution in [3.63, 3.8) is 0 Å². The van der Waals surface area contributed by atoms with Crippen LogP contribution in [0.3, 0.4) is 0 Å². The fraction of sp³-hybridized carbons (Fsp3) is 0.0833. The predicted octanol–water partition coefficient (Wildman–Crippen LogP) is 4.45. The van der Waals surface area contributed by atoms with Gasteiger partial charge in [0.25, 0.3) is 0 Å². The van der Waals surface area contributed by atoms with Crippen molar-refractivity contribution in [2.45, 2.75) is 6.42 Å². The number of hydrogen-bond acceptors (Lipinski definition) is 5. The topological polar surface area (TPSA) is 65.2 Å². The van der Waals surface area contributed by atoms with Crippen LogP contribution in [-0.2, 0) is 6.42 Å². The standard InChI is InChI=1S/C24H19N5O/c1-30-22-12-11-17(16-26-22)15-21-27-24-23(25-13-14-29(24)28-21)20-10-6-5-9-19(20)18-7-3-2-4-8-18/h2-14,16H,15H2,1H3. The summed E-state index contributed by atoms with van der Waals surface area (Å²) in [6.45, 7) is 0. The van der Waals surface area contributed by atoms with E-state index in [1.54, 1.807) is 24.0 Å². The molecule has 0 bridgehead atoms. The van der Waals surface area contributed by atoms with Crippen molar-refractivity contribution in [1.29, 1.82) is 0 Å². The van der Waals surface area contributed by atoms with Gasteiger partial charge in [-0.25, -0.2) is 14.5 Å². The minimum Gasteiger partial charge on any atom is -0.481 e. The van der Waals surface area contributed by atoms with Crippen molar-refractivity contribution in [3.8, 4) is 28.3 Å². The number of hydrogen-bond donors (Lipinski definition) is 0. The van der Waals surface area contributed by atoms with Gasteiger partial charge in [-0.15, -0.1) is 0 Å². The molecule has 0 amide bonds. The fourth-order valence-electron chi connectivity index (χ4n) is 3.50. The average Bonchev–Trinajstić information content (AvgIpc) is 3.23. The van der Waals surface area contributed by atoms with Gasteiger partial charge in [0, 0.05) is 36.6 Å². The molecule has 6 heteroatoms. The summed E-state index contributed by atoms with van der Waals surface area (Å²) in [7, 11) is 1.60. The molecule has 2 aromatic carbocycles. The Hall–Kier alpha value is -4.06. The van der Waals surface area contributed by atoms with E-state index in [9.17, 15) is 0 Å². The van der Waals surface area contributed by atoms with Crippen LogP contribution in [0.15, 0.2) is 85.3 Å². The first-order valence-electron chi connectivity index (χ1n) is 9.66. The molecule has 0 spiro atoms. The number of fused-ring (bicyclic) bond motifs is 1. The minimum atomic E-state index is 0.582. The van der Waals surface area contributed by atoms with Crippen molar-refractivity contribution < 1.29 is 4.74 Å². The monoisotopic (exact) mass is 393 g/mol. The molecule has 6 nitrogen and oxygen atoms in total. The Bertz CT molecular complexity index is 1300. The number of methoxy groups -OCH3 is 1. The summed E-state index contributed by atoms with van der Waals surface area (Å²) < 4.78 is 6.91. The van der Waals surface area contributed by atoms with Gasteiger partial charge >= 0.3 is 0 Å². The normalized spacial score (nSPS) is 11.0. The Kier molecular flexibility index (Phi) is 4.65. The van der Waals surface area contributed by atoms with Gasteiger partial charge in [0.2, 0.25) is 5.88 Å². The van der Waals surface area contributed by atoms with E-state index in [4.69, 9.17) is 9.72 Å². The lowest BCUT2D eigenvalue weighted by Gasteiger charge is -2.09. The lowest BCUT2D eigenvalue weighted by Crippen LogP contribution is -1.95. The Labute approximate surface area is 173 Å². The molecule has 30 heavy (non-hydrogen) atoms. The van der Waals surface area contributed by atoms with E-state index in [0.717, 1.165) is 33.6 Å². The van der Waals surface area contributed by atoms with E-state index in [2.05, 4.69) is 39.3 Å². The van der Waals surface area contributed by atoms with Crippen LogP contribution in [-0.4, -0.2) is 31.7 Å². The molecule has 0 unspecified atom stereocenters. The zero-order valence-electron chi connectivity index (χ0n) is 16.4. The molecule has 0 aliphatic rings. The SMILES string of the molecule is COc1ccc(Cc2nc3c(-c4ccccc4-c4ccccc4)nccn3n2)cn1. The molecule has 0 N–H and O–H groups in total. The van der Waals surface area contributed by atoms with Crippen molar-refractivity contribution >= 4 is 5.65 Å². The highest BCUT2D eigenvalue weighted by Gasteiger charge is 2.15. The molecular formula is C24H19N5O. The number of benzene rings is 2. The lowest BCUT2D eigenvalue weighted by atomic mass is 9.98. The summed E-state index contributed by atoms with van der Waals surface area (Å²) in [4.78, 5) is 13.7. The highest BCUT2D eigenvalue weighted by molar-refractivity contribution is 5.86. The number of nitrogens with zero attached hydrogens (tertiary/aromatic N) is 5. The maximum Gasteiger partial charge on any atom is 0.212 e. The molecule has 5 rings (SSSR count). The van der Waals surface area contributed by atoms with Crippen LogP contribution in [0.4, 0.5) is 0 Å². The first kappa shape index (κ1) is 18.0. The van der Waals surface area contributed by atoms with Crippen LogP contribution in [0.5, 0.6) is 5.88 Å². The third-order valence-electron chi connectivity index (χ3n) is 4.93. The van der Waals surface area contributed by atoms with Gasteiger partial charge in [-0.2, -0.15) is 5.10 Å². The summed E-state index contributed by atoms with van der Waals surface area (Å²) in [6.07, 6.45) is 5.96. The van der Waals surface area contributed by atoms with Crippen molar-refractivity contribution in [2.75, 3.05) is 7.11 Å². The van der Waals surface area contributed by atoms with Gasteiger partial charge in [0.1, 0.15) is 5.69 Å². The van der Waals surface area contributed by atoms with Crippen LogP contribution < -0.4 is 4.74 Å². The quantitative estimate of drug-likeness (QED) is 0.441. The molecule has 3 heterocycles. The highest BCUT2D eigenvalue weighted by atomic mass is 16.5. The van der Waals surface area contributed by atoms with Crippen LogP contribution in [0.25, 0.3) is 28.0 Å². The highest BCUT2D eigenvalue weighted by Crippen LogP contribution is 2.32. The zero-order valence-corrected chi connectivity index (χ0v) is 16.4. The van der Waals surface area contributed by atoms with Crippen LogP contribution in [0, 0.1) is 0 Å². The molecule has 0 radical (unpaired) electrons. The minimum absolute atomic E-state index is 0.582. The first-order valence-corrected chi connectivity index (χ1v) is 9.66. The van der Waals surface area contributed by atoms with Crippen LogP contribution in [0.1, 0.15) is 11.4 Å². The summed E-state index contributed by atoms with van der Waals surface area (Å²) in [6, 6.07) is 22.4. The molecule has 0 aliphatic heterocycles. The second-order valence-electron chi connectivity index (χ2n) is 6.87. The van der Waals surface area contributed by atoms with Crippen molar-refractivity contribution in [2.24, 2.45) is 0 Å². The van der Waals surface area contributed by atoms with Gasteiger partial charge < -0.3 is 4.74 Å². The third-order valence-corrected chi connectivity index (χ3v) is 4.93. The second-order valence-corrected chi connectivity index (χ2v) is 6.87. The van der Waals surface area contributed by atoms with E-state index in [-0.39, 0.29) is 0 Å². The Balaban J connectivity index is 1.57. The van der Waals surface area contributed by atoms with Crippen LogP contribution >= 0.6 is 0 Å². The van der Waals surface area contributed by atoms with Gasteiger partial charge in [0.15, 0.2) is 11.5 Å². The molecule has 5 aromatic rings. The molecule has 0 atom stereocenters. The number of aromatic nitrogens is 5. The van der Waals surface area contributed by atoms with E-state index in [1.807, 2.05) is 48.7 Å². The maximum absolute atomic E-state index is 5.13. The van der Waals surface area contributed by atoms with Gasteiger partial charge in [-0.05, 0) is 16.7 Å². The average molecular weight is 393 g/mol. The molecular weight excluding hydrogens is 374 g/mol. The molecule has 0 saturated carbocycles. The number of ether oxygens (including phenoxy) is 1. The summed E-state index contributed by atoms with van der Waals surface area (Å²) >= 11 is 0. The number of rotatable bonds is 5. The van der Waals surface area contributed by atoms with E-state index in [1.165, 1.54) is 0 Å². The molecule has 146 valence electrons. The number of pyridine rings is 1. The van der Waals surface area contributed by atoms with Crippen molar-refractivity contribution in [1.82, 2.24) is 24.6 Å². The molecule has 0 saturated heterocycles. The van der Waals surface area contributed by atoms with Gasteiger partial charge in [-0.1, -0.05) is 60.7 Å². The summed E-state index contributed by atoms with van der Waals surface area (Å²) in [5.41, 5.74) is 5.84. The van der Waals surface area contributed by atoms with E-state index >= 15 is 0 Å².